The van der Waals surface area contributed by atoms with E-state index < -0.39 is 59.2 Å². The molecule has 3 heterocycles. The van der Waals surface area contributed by atoms with Crippen molar-refractivity contribution in [3.05, 3.63) is 59.6 Å². The van der Waals surface area contributed by atoms with Crippen molar-refractivity contribution in [2.24, 2.45) is 5.92 Å². The topological polar surface area (TPSA) is 147 Å². The second kappa shape index (κ2) is 12.7. The Bertz CT molecular complexity index is 1390. The molecule has 1 aliphatic carbocycles. The van der Waals surface area contributed by atoms with Crippen LogP contribution in [0.5, 0.6) is 0 Å². The third-order valence-electron chi connectivity index (χ3n) is 8.57. The lowest BCUT2D eigenvalue weighted by molar-refractivity contribution is -0.144. The highest BCUT2D eigenvalue weighted by Gasteiger charge is 2.61. The molecular weight excluding hydrogens is 587 g/mol. The maximum Gasteiger partial charge on any atom is 0.410 e. The minimum absolute atomic E-state index is 0.0532. The standard InChI is InChI=1S/C32H41FN4O8/c1-19-25(34-29(41)45-31(2,3)4)11-13-43-12-6-5-9-21-15-32(21,28(39)40)35-27(38)26-14-22(17-37(19)26)44-30(42)36-16-20-8-7-10-24(33)23(20)18-36/h5,7-10,21-22,25-26H,1,6,11-18H2,2-4H3,(H,34,41)(H,35,38)(H,39,40)/b9-5-/t21-,22-,25+,26+,32-/m1/s1. The second-order valence-corrected chi connectivity index (χ2v) is 13.0. The van der Waals surface area contributed by atoms with Gasteiger partial charge < -0.3 is 34.9 Å². The smallest absolute Gasteiger partial charge is 0.410 e. The van der Waals surface area contributed by atoms with Crippen molar-refractivity contribution in [2.75, 3.05) is 19.8 Å². The van der Waals surface area contributed by atoms with Crippen LogP contribution < -0.4 is 10.6 Å². The van der Waals surface area contributed by atoms with Gasteiger partial charge in [0.15, 0.2) is 0 Å². The van der Waals surface area contributed by atoms with Gasteiger partial charge in [-0.25, -0.2) is 18.8 Å². The molecule has 0 spiro atoms. The fraction of sp³-hybridized carbons (Fsp3) is 0.562. The van der Waals surface area contributed by atoms with Crippen molar-refractivity contribution in [1.29, 1.82) is 0 Å². The third-order valence-corrected chi connectivity index (χ3v) is 8.57. The molecule has 3 aliphatic heterocycles. The summed E-state index contributed by atoms with van der Waals surface area (Å²) in [7, 11) is 0. The number of alkyl carbamates (subject to hydrolysis) is 1. The Balaban J connectivity index is 1.37. The van der Waals surface area contributed by atoms with E-state index in [1.807, 2.05) is 6.08 Å². The van der Waals surface area contributed by atoms with Crippen molar-refractivity contribution < 1.29 is 42.9 Å². The summed E-state index contributed by atoms with van der Waals surface area (Å²) in [6.45, 7) is 10.4. The molecule has 0 aromatic heterocycles. The first-order valence-electron chi connectivity index (χ1n) is 15.2. The molecule has 1 saturated heterocycles. The van der Waals surface area contributed by atoms with Crippen LogP contribution in [0.4, 0.5) is 14.0 Å². The Morgan fingerprint density at radius 3 is 2.71 bits per heavy atom. The van der Waals surface area contributed by atoms with Crippen molar-refractivity contribution in [1.82, 2.24) is 20.4 Å². The summed E-state index contributed by atoms with van der Waals surface area (Å²) in [5, 5.41) is 15.6. The van der Waals surface area contributed by atoms with Gasteiger partial charge in [-0.15, -0.1) is 0 Å². The highest BCUT2D eigenvalue weighted by Crippen LogP contribution is 2.45. The molecule has 2 fully saturated rings. The number of carboxylic acid groups (broad SMARTS) is 1. The van der Waals surface area contributed by atoms with Crippen LogP contribution >= 0.6 is 0 Å². The van der Waals surface area contributed by atoms with Gasteiger partial charge in [0.05, 0.1) is 25.7 Å². The predicted octanol–water partition coefficient (Wildman–Crippen LogP) is 3.45. The molecule has 4 aliphatic rings. The Labute approximate surface area is 261 Å². The molecule has 13 heteroatoms. The van der Waals surface area contributed by atoms with Crippen LogP contribution in [0.3, 0.4) is 0 Å². The number of nitrogens with one attached hydrogen (secondary N) is 2. The van der Waals surface area contributed by atoms with Gasteiger partial charge in [0.1, 0.15) is 29.1 Å². The van der Waals surface area contributed by atoms with Gasteiger partial charge in [-0.3, -0.25) is 9.69 Å². The first-order valence-corrected chi connectivity index (χ1v) is 15.2. The molecule has 3 amide bonds. The Kier molecular flexibility index (Phi) is 9.11. The van der Waals surface area contributed by atoms with E-state index in [1.54, 1.807) is 43.9 Å². The van der Waals surface area contributed by atoms with Crippen LogP contribution in [0.15, 0.2) is 42.6 Å². The summed E-state index contributed by atoms with van der Waals surface area (Å²) in [5.41, 5.74) is -0.706. The Hall–Kier alpha value is -4.13. The normalized spacial score (nSPS) is 29.2. The Morgan fingerprint density at radius 2 is 2.00 bits per heavy atom. The summed E-state index contributed by atoms with van der Waals surface area (Å²) in [4.78, 5) is 55.2. The minimum Gasteiger partial charge on any atom is -0.479 e. The maximum atomic E-state index is 14.3. The zero-order chi connectivity index (χ0) is 32.5. The van der Waals surface area contributed by atoms with E-state index in [0.717, 1.165) is 0 Å². The van der Waals surface area contributed by atoms with Crippen LogP contribution in [0, 0.1) is 11.7 Å². The summed E-state index contributed by atoms with van der Waals surface area (Å²) >= 11 is 0. The molecule has 0 bridgehead atoms. The average Bonchev–Trinajstić information content (AvgIpc) is 3.27. The molecule has 0 unspecified atom stereocenters. The summed E-state index contributed by atoms with van der Waals surface area (Å²) in [5.74, 6) is -2.46. The van der Waals surface area contributed by atoms with Gasteiger partial charge >= 0.3 is 18.2 Å². The highest BCUT2D eigenvalue weighted by molar-refractivity contribution is 5.93. The van der Waals surface area contributed by atoms with Crippen LogP contribution in [0.2, 0.25) is 0 Å². The zero-order valence-corrected chi connectivity index (χ0v) is 25.8. The van der Waals surface area contributed by atoms with Crippen LogP contribution in [0.1, 0.15) is 57.6 Å². The molecule has 0 radical (unpaired) electrons. The molecule has 1 saturated carbocycles. The van der Waals surface area contributed by atoms with Gasteiger partial charge in [0, 0.05) is 36.8 Å². The molecule has 1 aromatic carbocycles. The number of amides is 3. The molecular formula is C32H41FN4O8. The number of aliphatic carboxylic acids is 1. The van der Waals surface area contributed by atoms with E-state index in [-0.39, 0.29) is 45.0 Å². The molecule has 5 rings (SSSR count). The molecule has 12 nitrogen and oxygen atoms in total. The van der Waals surface area contributed by atoms with E-state index >= 15 is 0 Å². The van der Waals surface area contributed by atoms with E-state index in [1.165, 1.54) is 11.0 Å². The fourth-order valence-corrected chi connectivity index (χ4v) is 6.13. The number of carbonyl (C=O) groups excluding carboxylic acids is 3. The first-order chi connectivity index (χ1) is 21.3. The first kappa shape index (κ1) is 32.3. The van der Waals surface area contributed by atoms with E-state index in [2.05, 4.69) is 17.2 Å². The van der Waals surface area contributed by atoms with Crippen molar-refractivity contribution in [3.63, 3.8) is 0 Å². The number of nitrogens with zero attached hydrogens (tertiary/aromatic N) is 2. The van der Waals surface area contributed by atoms with Crippen molar-refractivity contribution >= 4 is 24.1 Å². The Morgan fingerprint density at radius 1 is 1.22 bits per heavy atom. The molecule has 244 valence electrons. The lowest BCUT2D eigenvalue weighted by Gasteiger charge is -2.33. The number of ether oxygens (including phenoxy) is 3. The third kappa shape index (κ3) is 7.24. The van der Waals surface area contributed by atoms with Crippen molar-refractivity contribution in [3.8, 4) is 0 Å². The zero-order valence-electron chi connectivity index (χ0n) is 25.8. The number of hydrogen-bond donors (Lipinski definition) is 3. The van der Waals surface area contributed by atoms with Crippen molar-refractivity contribution in [2.45, 2.75) is 88.9 Å². The fourth-order valence-electron chi connectivity index (χ4n) is 6.13. The van der Waals surface area contributed by atoms with E-state index in [9.17, 15) is 28.7 Å². The molecule has 5 atom stereocenters. The summed E-state index contributed by atoms with van der Waals surface area (Å²) in [6.07, 6.45) is 2.70. The van der Waals surface area contributed by atoms with Gasteiger partial charge in [-0.05, 0) is 51.7 Å². The average molecular weight is 629 g/mol. The van der Waals surface area contributed by atoms with Crippen LogP contribution in [0.25, 0.3) is 0 Å². The lowest BCUT2D eigenvalue weighted by Crippen LogP contribution is -2.53. The van der Waals surface area contributed by atoms with Gasteiger partial charge in [0.2, 0.25) is 5.91 Å². The van der Waals surface area contributed by atoms with E-state index in [4.69, 9.17) is 14.2 Å². The van der Waals surface area contributed by atoms with Gasteiger partial charge in [0.25, 0.3) is 0 Å². The number of hydrogen-bond acceptors (Lipinski definition) is 8. The number of fused-ring (bicyclic) bond motifs is 3. The SMILES string of the molecule is C=C1[C@@H](NC(=O)OC(C)(C)C)CCOCC/C=C\[C@@H]2C[C@@]2(C(=O)O)NC(=O)[C@@H]2C[C@@H](OC(=O)N3Cc4cccc(F)c4C3)CN12. The van der Waals surface area contributed by atoms with E-state index in [0.29, 0.717) is 36.3 Å². The van der Waals surface area contributed by atoms with Gasteiger partial charge in [-0.2, -0.15) is 0 Å². The largest absolute Gasteiger partial charge is 0.479 e. The number of halogens is 1. The number of benzene rings is 1. The monoisotopic (exact) mass is 628 g/mol. The van der Waals surface area contributed by atoms with Crippen LogP contribution in [-0.4, -0.2) is 88.1 Å². The van der Waals surface area contributed by atoms with Gasteiger partial charge in [-0.1, -0.05) is 30.9 Å². The number of rotatable bonds is 3. The summed E-state index contributed by atoms with van der Waals surface area (Å²) in [6, 6.07) is 3.04. The number of carbonyl (C=O) groups is 4. The lowest BCUT2D eigenvalue weighted by atomic mass is 10.1. The van der Waals surface area contributed by atoms with Crippen LogP contribution in [-0.2, 0) is 36.9 Å². The number of carboxylic acids is 1. The molecule has 45 heavy (non-hydrogen) atoms. The minimum atomic E-state index is -1.45. The highest BCUT2D eigenvalue weighted by atomic mass is 19.1. The summed E-state index contributed by atoms with van der Waals surface area (Å²) < 4.78 is 31.4. The maximum absolute atomic E-state index is 14.3. The molecule has 3 N–H and O–H groups in total. The second-order valence-electron chi connectivity index (χ2n) is 13.0. The predicted molar refractivity (Wildman–Crippen MR) is 159 cm³/mol. The molecule has 1 aromatic rings. The quantitative estimate of drug-likeness (QED) is 0.429.